The van der Waals surface area contributed by atoms with Crippen molar-refractivity contribution in [3.05, 3.63) is 51.6 Å². The quantitative estimate of drug-likeness (QED) is 0.214. The third-order valence-electron chi connectivity index (χ3n) is 8.04. The minimum atomic E-state index is -2.04. The molecule has 40 heavy (non-hydrogen) atoms. The van der Waals surface area contributed by atoms with E-state index in [0.717, 1.165) is 6.92 Å². The number of carbonyl (C=O) groups excluding carboxylic acids is 4. The van der Waals surface area contributed by atoms with Crippen molar-refractivity contribution in [1.29, 1.82) is 0 Å². The highest BCUT2D eigenvalue weighted by Crippen LogP contribution is 2.52. The van der Waals surface area contributed by atoms with E-state index in [2.05, 4.69) is 5.32 Å². The molecule has 3 aliphatic rings. The highest BCUT2D eigenvalue weighted by molar-refractivity contribution is 6.31. The van der Waals surface area contributed by atoms with Gasteiger partial charge in [-0.2, -0.15) is 0 Å². The Kier molecular flexibility index (Phi) is 6.91. The number of Topliss-reactive ketones (excluding diaryl/α,β-unsaturated/α-hetero) is 1. The molecule has 0 aromatic heterocycles. The summed E-state index contributed by atoms with van der Waals surface area (Å²) in [5, 5.41) is 47.0. The normalized spacial score (nSPS) is 29.2. The average molecular weight is 556 g/mol. The molecule has 212 valence electrons. The highest BCUT2D eigenvalue weighted by Gasteiger charge is 2.49. The van der Waals surface area contributed by atoms with Gasteiger partial charge in [-0.1, -0.05) is 12.1 Å². The number of ketones is 3. The minimum absolute atomic E-state index is 0.0196. The van der Waals surface area contributed by atoms with E-state index < -0.39 is 82.6 Å². The molecule has 12 heteroatoms. The van der Waals surface area contributed by atoms with Gasteiger partial charge in [0, 0.05) is 36.0 Å². The fourth-order valence-corrected chi connectivity index (χ4v) is 5.88. The van der Waals surface area contributed by atoms with E-state index in [1.807, 2.05) is 0 Å². The number of phenolic OH excluding ortho intramolecular Hbond substituents is 2. The van der Waals surface area contributed by atoms with Crippen molar-refractivity contribution in [2.45, 2.75) is 69.4 Å². The van der Waals surface area contributed by atoms with E-state index >= 15 is 0 Å². The smallest absolute Gasteiger partial charge is 0.207 e. The number of benzene rings is 2. The molecular formula is C28H29NO11. The average Bonchev–Trinajstić information content (AvgIpc) is 2.91. The summed E-state index contributed by atoms with van der Waals surface area (Å²) in [5.41, 5.74) is -3.25. The molecule has 6 unspecified atom stereocenters. The predicted octanol–water partition coefficient (Wildman–Crippen LogP) is 0.816. The molecule has 6 atom stereocenters. The number of amides is 1. The first-order valence-electron chi connectivity index (χ1n) is 12.7. The van der Waals surface area contributed by atoms with Crippen LogP contribution < -0.4 is 10.1 Å². The topological polar surface area (TPSA) is 189 Å². The van der Waals surface area contributed by atoms with Crippen molar-refractivity contribution < 1.29 is 53.8 Å². The maximum absolute atomic E-state index is 13.7. The molecule has 1 fully saturated rings. The number of rotatable bonds is 6. The number of hydrogen-bond donors (Lipinski definition) is 5. The standard InChI is InChI=1S/C28H29NO11/c1-11-23(32)15(29-10-30)7-18(39-11)40-17-9-28(37,12(2)31)8-14-20(17)27(36)22-21(25(14)34)24(33)13-5-4-6-16(38-3)19(13)26(22)35/h4-6,10-11,15,17-18,23,32,34,36-37H,7-9H2,1-3H3,(H,29,30). The molecule has 0 spiro atoms. The summed E-state index contributed by atoms with van der Waals surface area (Å²) in [4.78, 5) is 50.8. The van der Waals surface area contributed by atoms with Crippen LogP contribution in [0.1, 0.15) is 75.8 Å². The van der Waals surface area contributed by atoms with Gasteiger partial charge in [0.25, 0.3) is 0 Å². The summed E-state index contributed by atoms with van der Waals surface area (Å²) in [6.07, 6.45) is -4.61. The Morgan fingerprint density at radius 3 is 2.50 bits per heavy atom. The predicted molar refractivity (Wildman–Crippen MR) is 135 cm³/mol. The molecular weight excluding hydrogens is 526 g/mol. The molecule has 2 aromatic carbocycles. The van der Waals surface area contributed by atoms with Crippen LogP contribution in [0, 0.1) is 0 Å². The second-order valence-corrected chi connectivity index (χ2v) is 10.4. The number of aliphatic hydroxyl groups excluding tert-OH is 1. The van der Waals surface area contributed by atoms with E-state index in [-0.39, 0.29) is 40.8 Å². The van der Waals surface area contributed by atoms with Crippen LogP contribution in [0.4, 0.5) is 0 Å². The third kappa shape index (κ3) is 4.15. The maximum Gasteiger partial charge on any atom is 0.207 e. The van der Waals surface area contributed by atoms with Gasteiger partial charge in [0.2, 0.25) is 12.2 Å². The van der Waals surface area contributed by atoms with Gasteiger partial charge < -0.3 is 40.0 Å². The first-order valence-corrected chi connectivity index (χ1v) is 12.7. The Bertz CT molecular complexity index is 1440. The molecule has 0 radical (unpaired) electrons. The summed E-state index contributed by atoms with van der Waals surface area (Å²) >= 11 is 0. The van der Waals surface area contributed by atoms with Crippen LogP contribution in [0.5, 0.6) is 17.2 Å². The molecule has 1 saturated heterocycles. The number of phenols is 2. The lowest BCUT2D eigenvalue weighted by Gasteiger charge is -2.42. The van der Waals surface area contributed by atoms with Crippen LogP contribution in [-0.2, 0) is 25.5 Å². The number of nitrogens with one attached hydrogen (secondary N) is 1. The summed E-state index contributed by atoms with van der Waals surface area (Å²) in [6, 6.07) is 3.66. The number of fused-ring (bicyclic) bond motifs is 3. The molecule has 12 nitrogen and oxygen atoms in total. The molecule has 0 bridgehead atoms. The van der Waals surface area contributed by atoms with Gasteiger partial charge in [-0.3, -0.25) is 19.2 Å². The van der Waals surface area contributed by atoms with Crippen LogP contribution >= 0.6 is 0 Å². The molecule has 2 aromatic rings. The SMILES string of the molecule is COc1cccc2c1C(=O)c1c(O)c3c(c(O)c1C2=O)CC(O)(C(C)=O)CC3OC1CC(NC=O)C(O)C(C)O1. The largest absolute Gasteiger partial charge is 0.507 e. The Hall–Kier alpha value is -3.84. The van der Waals surface area contributed by atoms with E-state index in [9.17, 15) is 39.6 Å². The van der Waals surface area contributed by atoms with Crippen molar-refractivity contribution in [1.82, 2.24) is 5.32 Å². The van der Waals surface area contributed by atoms with Gasteiger partial charge in [0.15, 0.2) is 17.9 Å². The molecule has 1 aliphatic heterocycles. The summed E-state index contributed by atoms with van der Waals surface area (Å²) in [7, 11) is 1.33. The fourth-order valence-electron chi connectivity index (χ4n) is 5.88. The van der Waals surface area contributed by atoms with Gasteiger partial charge >= 0.3 is 0 Å². The monoisotopic (exact) mass is 555 g/mol. The number of hydrogen-bond acceptors (Lipinski definition) is 11. The number of ether oxygens (including phenoxy) is 3. The van der Waals surface area contributed by atoms with Crippen molar-refractivity contribution in [2.75, 3.05) is 7.11 Å². The van der Waals surface area contributed by atoms with Crippen molar-refractivity contribution >= 4 is 23.8 Å². The molecule has 1 amide bonds. The van der Waals surface area contributed by atoms with Crippen LogP contribution in [0.2, 0.25) is 0 Å². The lowest BCUT2D eigenvalue weighted by Crippen LogP contribution is -2.54. The summed E-state index contributed by atoms with van der Waals surface area (Å²) < 4.78 is 17.1. The number of aliphatic hydroxyl groups is 2. The van der Waals surface area contributed by atoms with Gasteiger partial charge in [-0.15, -0.1) is 0 Å². The van der Waals surface area contributed by atoms with Crippen molar-refractivity contribution in [3.63, 3.8) is 0 Å². The van der Waals surface area contributed by atoms with Gasteiger partial charge in [0.05, 0.1) is 42.0 Å². The lowest BCUT2D eigenvalue weighted by atomic mass is 9.72. The maximum atomic E-state index is 13.7. The minimum Gasteiger partial charge on any atom is -0.507 e. The second kappa shape index (κ2) is 9.97. The lowest BCUT2D eigenvalue weighted by molar-refractivity contribution is -0.249. The Morgan fingerprint density at radius 2 is 1.85 bits per heavy atom. The van der Waals surface area contributed by atoms with Gasteiger partial charge in [-0.25, -0.2) is 0 Å². The second-order valence-electron chi connectivity index (χ2n) is 10.4. The fraction of sp³-hybridized carbons (Fsp3) is 0.429. The van der Waals surface area contributed by atoms with E-state index in [1.165, 1.54) is 25.3 Å². The zero-order chi connectivity index (χ0) is 29.1. The van der Waals surface area contributed by atoms with Gasteiger partial charge in [-0.05, 0) is 19.9 Å². The van der Waals surface area contributed by atoms with E-state index in [1.54, 1.807) is 6.92 Å². The number of carbonyl (C=O) groups is 4. The molecule has 2 aliphatic carbocycles. The molecule has 1 heterocycles. The first kappa shape index (κ1) is 27.7. The Morgan fingerprint density at radius 1 is 1.15 bits per heavy atom. The highest BCUT2D eigenvalue weighted by atomic mass is 16.7. The summed E-state index contributed by atoms with van der Waals surface area (Å²) in [6.45, 7) is 2.73. The Labute approximate surface area is 228 Å². The number of aromatic hydroxyl groups is 2. The van der Waals surface area contributed by atoms with Crippen LogP contribution in [0.3, 0.4) is 0 Å². The third-order valence-corrected chi connectivity index (χ3v) is 8.04. The van der Waals surface area contributed by atoms with Crippen LogP contribution in [0.15, 0.2) is 18.2 Å². The van der Waals surface area contributed by atoms with Crippen LogP contribution in [-0.4, -0.2) is 81.4 Å². The van der Waals surface area contributed by atoms with Gasteiger partial charge in [0.1, 0.15) is 29.0 Å². The number of methoxy groups -OCH3 is 1. The van der Waals surface area contributed by atoms with E-state index in [0.29, 0.717) is 6.41 Å². The first-order chi connectivity index (χ1) is 18.9. The molecule has 0 saturated carbocycles. The summed E-state index contributed by atoms with van der Waals surface area (Å²) in [5.74, 6) is -3.33. The zero-order valence-electron chi connectivity index (χ0n) is 22.0. The van der Waals surface area contributed by atoms with Crippen molar-refractivity contribution in [3.8, 4) is 17.2 Å². The van der Waals surface area contributed by atoms with E-state index in [4.69, 9.17) is 14.2 Å². The molecule has 5 rings (SSSR count). The Balaban J connectivity index is 1.66. The zero-order valence-corrected chi connectivity index (χ0v) is 22.0. The van der Waals surface area contributed by atoms with Crippen LogP contribution in [0.25, 0.3) is 0 Å². The van der Waals surface area contributed by atoms with Crippen molar-refractivity contribution in [2.24, 2.45) is 0 Å². The molecule has 5 N–H and O–H groups in total.